The van der Waals surface area contributed by atoms with E-state index < -0.39 is 0 Å². The van der Waals surface area contributed by atoms with Gasteiger partial charge in [0.2, 0.25) is 5.96 Å². The Hall–Kier alpha value is -1.42. The molecule has 1 aromatic carbocycles. The van der Waals surface area contributed by atoms with Crippen LogP contribution in [-0.2, 0) is 29.1 Å². The maximum Gasteiger partial charge on any atom is 0.329 e. The van der Waals surface area contributed by atoms with Gasteiger partial charge in [0.05, 0.1) is 6.54 Å². The topological polar surface area (TPSA) is 53.9 Å². The maximum atomic E-state index is 11.2. The second kappa shape index (κ2) is 9.17. The molecule has 1 heterocycles. The average Bonchev–Trinajstić information content (AvgIpc) is 2.58. The average molecular weight is 381 g/mol. The summed E-state index contributed by atoms with van der Waals surface area (Å²) in [6.45, 7) is 2.83. The number of hydrogen-bond donors (Lipinski definition) is 1. The third kappa shape index (κ3) is 5.04. The van der Waals surface area contributed by atoms with Gasteiger partial charge in [-0.25, -0.2) is 0 Å². The van der Waals surface area contributed by atoms with Crippen molar-refractivity contribution >= 4 is 17.6 Å². The zero-order valence-corrected chi connectivity index (χ0v) is 17.4. The first-order valence-corrected chi connectivity index (χ1v) is 8.60. The number of aliphatic imine (C=N–C) groups is 1. The van der Waals surface area contributed by atoms with Crippen molar-refractivity contribution in [3.8, 4) is 0 Å². The fourth-order valence-corrected chi connectivity index (χ4v) is 3.33. The van der Waals surface area contributed by atoms with E-state index in [0.717, 1.165) is 18.7 Å². The first kappa shape index (κ1) is 18.9. The minimum Gasteiger partial charge on any atom is -0.338 e. The number of benzene rings is 1. The molecule has 0 bridgehead atoms. The Morgan fingerprint density at radius 1 is 1.17 bits per heavy atom. The first-order valence-electron chi connectivity index (χ1n) is 8.60. The van der Waals surface area contributed by atoms with Crippen molar-refractivity contribution in [3.05, 3.63) is 29.8 Å². The number of carbonyl (C=O) groups excluding carboxylic acids is 1. The third-order valence-corrected chi connectivity index (χ3v) is 4.50. The molecule has 0 radical (unpaired) electrons. The molecular formula is C18H25N3O2Zn. The standard InChI is InChI=1S/C18H25N3O2.Zn/c1-14(22)23-21-13-5-12-19-18(21)20-17-10-8-16(9-11-17)15-6-3-2-4-7-15;/h8-11,15H,2-7,12-13H2,1H3,(H,19,20);. The Kier molecular flexibility index (Phi) is 7.23. The number of hydroxylamine groups is 2. The van der Waals surface area contributed by atoms with E-state index in [1.807, 2.05) is 0 Å². The van der Waals surface area contributed by atoms with E-state index in [4.69, 9.17) is 4.84 Å². The first-order chi connectivity index (χ1) is 11.2. The predicted octanol–water partition coefficient (Wildman–Crippen LogP) is 3.68. The van der Waals surface area contributed by atoms with Crippen LogP contribution in [0, 0.1) is 0 Å². The number of rotatable bonds is 3. The summed E-state index contributed by atoms with van der Waals surface area (Å²) in [6.07, 6.45) is 7.57. The van der Waals surface area contributed by atoms with Crippen LogP contribution in [-0.4, -0.2) is 30.1 Å². The van der Waals surface area contributed by atoms with Gasteiger partial charge in [0, 0.05) is 38.6 Å². The number of nitrogens with zero attached hydrogens (tertiary/aromatic N) is 2. The largest absolute Gasteiger partial charge is 0.338 e. The number of hydrogen-bond acceptors (Lipinski definition) is 5. The molecule has 1 fully saturated rings. The van der Waals surface area contributed by atoms with Crippen LogP contribution in [0.5, 0.6) is 0 Å². The van der Waals surface area contributed by atoms with Gasteiger partial charge >= 0.3 is 5.97 Å². The van der Waals surface area contributed by atoms with Gasteiger partial charge in [-0.05, 0) is 42.9 Å². The van der Waals surface area contributed by atoms with Crippen LogP contribution in [0.3, 0.4) is 0 Å². The van der Waals surface area contributed by atoms with Crippen molar-refractivity contribution in [3.63, 3.8) is 0 Å². The molecule has 0 unspecified atom stereocenters. The zero-order chi connectivity index (χ0) is 16.1. The van der Waals surface area contributed by atoms with Gasteiger partial charge in [-0.3, -0.25) is 9.79 Å². The molecule has 24 heavy (non-hydrogen) atoms. The van der Waals surface area contributed by atoms with Crippen LogP contribution >= 0.6 is 0 Å². The van der Waals surface area contributed by atoms with Crippen LogP contribution in [0.2, 0.25) is 0 Å². The molecule has 1 aliphatic heterocycles. The number of guanidine groups is 1. The molecule has 0 aromatic heterocycles. The molecule has 6 heteroatoms. The van der Waals surface area contributed by atoms with Gasteiger partial charge < -0.3 is 10.2 Å². The summed E-state index contributed by atoms with van der Waals surface area (Å²) in [7, 11) is 0. The van der Waals surface area contributed by atoms with Gasteiger partial charge in [-0.2, -0.15) is 5.06 Å². The van der Waals surface area contributed by atoms with Gasteiger partial charge in [-0.1, -0.05) is 31.4 Å². The van der Waals surface area contributed by atoms with Crippen molar-refractivity contribution in [2.24, 2.45) is 4.99 Å². The SMILES string of the molecule is CC(=O)ON1CCCN=C1Nc1ccc(C2CCCCC2)cc1.[Zn]. The predicted molar refractivity (Wildman–Crippen MR) is 91.3 cm³/mol. The molecule has 1 aliphatic carbocycles. The van der Waals surface area contributed by atoms with E-state index in [2.05, 4.69) is 34.6 Å². The summed E-state index contributed by atoms with van der Waals surface area (Å²) >= 11 is 0. The minimum absolute atomic E-state index is 0. The summed E-state index contributed by atoms with van der Waals surface area (Å²) in [6, 6.07) is 8.59. The Bertz CT molecular complexity index is 568. The van der Waals surface area contributed by atoms with Crippen LogP contribution in [0.4, 0.5) is 5.69 Å². The molecule has 2 aliphatic rings. The fourth-order valence-electron chi connectivity index (χ4n) is 3.33. The second-order valence-corrected chi connectivity index (χ2v) is 6.33. The molecule has 126 valence electrons. The Morgan fingerprint density at radius 3 is 2.54 bits per heavy atom. The van der Waals surface area contributed by atoms with E-state index in [0.29, 0.717) is 18.4 Å². The van der Waals surface area contributed by atoms with Crippen molar-refractivity contribution in [2.45, 2.75) is 51.4 Å². The molecule has 5 nitrogen and oxygen atoms in total. The van der Waals surface area contributed by atoms with Gasteiger partial charge in [0.15, 0.2) is 0 Å². The molecule has 0 spiro atoms. The van der Waals surface area contributed by atoms with Crippen molar-refractivity contribution in [1.82, 2.24) is 5.06 Å². The Morgan fingerprint density at radius 2 is 1.88 bits per heavy atom. The molecular weight excluding hydrogens is 356 g/mol. The molecule has 0 atom stereocenters. The molecule has 3 rings (SSSR count). The molecule has 0 amide bonds. The third-order valence-electron chi connectivity index (χ3n) is 4.50. The van der Waals surface area contributed by atoms with Crippen molar-refractivity contribution in [1.29, 1.82) is 0 Å². The molecule has 1 N–H and O–H groups in total. The Balaban J connectivity index is 0.00000208. The quantitative estimate of drug-likeness (QED) is 0.813. The van der Waals surface area contributed by atoms with Crippen LogP contribution in [0.25, 0.3) is 0 Å². The monoisotopic (exact) mass is 379 g/mol. The maximum absolute atomic E-state index is 11.2. The zero-order valence-electron chi connectivity index (χ0n) is 14.5. The summed E-state index contributed by atoms with van der Waals surface area (Å²) in [5.74, 6) is 0.994. The van der Waals surface area contributed by atoms with Gasteiger partial charge in [-0.15, -0.1) is 0 Å². The van der Waals surface area contributed by atoms with E-state index >= 15 is 0 Å². The number of carbonyl (C=O) groups is 1. The van der Waals surface area contributed by atoms with Crippen LogP contribution in [0.15, 0.2) is 29.3 Å². The van der Waals surface area contributed by atoms with E-state index in [9.17, 15) is 4.79 Å². The number of nitrogens with one attached hydrogen (secondary N) is 1. The van der Waals surface area contributed by atoms with E-state index in [-0.39, 0.29) is 25.4 Å². The van der Waals surface area contributed by atoms with E-state index in [1.54, 1.807) is 5.06 Å². The molecule has 1 aromatic rings. The van der Waals surface area contributed by atoms with Crippen LogP contribution < -0.4 is 5.32 Å². The summed E-state index contributed by atoms with van der Waals surface area (Å²) in [4.78, 5) is 20.8. The normalized spacial score (nSPS) is 18.4. The number of anilines is 1. The van der Waals surface area contributed by atoms with Crippen molar-refractivity contribution < 1.29 is 29.1 Å². The van der Waals surface area contributed by atoms with E-state index in [1.165, 1.54) is 44.6 Å². The second-order valence-electron chi connectivity index (χ2n) is 6.33. The molecule has 0 saturated heterocycles. The summed E-state index contributed by atoms with van der Waals surface area (Å²) < 4.78 is 0. The van der Waals surface area contributed by atoms with Gasteiger partial charge in [0.1, 0.15) is 0 Å². The van der Waals surface area contributed by atoms with Gasteiger partial charge in [0.25, 0.3) is 0 Å². The smallest absolute Gasteiger partial charge is 0.329 e. The van der Waals surface area contributed by atoms with Crippen molar-refractivity contribution in [2.75, 3.05) is 18.4 Å². The summed E-state index contributed by atoms with van der Waals surface area (Å²) in [5.41, 5.74) is 2.40. The Labute approximate surface area is 156 Å². The fraction of sp³-hybridized carbons (Fsp3) is 0.556. The minimum atomic E-state index is -0.325. The summed E-state index contributed by atoms with van der Waals surface area (Å²) in [5, 5.41) is 4.81. The molecule has 1 saturated carbocycles. The van der Waals surface area contributed by atoms with Crippen LogP contribution in [0.1, 0.15) is 56.9 Å².